The standard InChI is InChI=1S/C18H27F3N4O/c1-24(2)12-16-6-4-3-5-15(16)10-23-17(26)22-9-14-7-8-25(11-14)13-18(19,20)21/h3-6,14H,7-13H2,1-2H3,(H2,22,23,26)/t14-/m1/s1. The Morgan fingerprint density at radius 1 is 1.23 bits per heavy atom. The lowest BCUT2D eigenvalue weighted by Gasteiger charge is -2.18. The number of likely N-dealkylation sites (tertiary alicyclic amines) is 1. The van der Waals surface area contributed by atoms with E-state index in [-0.39, 0.29) is 11.9 Å². The number of carbonyl (C=O) groups is 1. The summed E-state index contributed by atoms with van der Waals surface area (Å²) in [6, 6.07) is 7.61. The predicted octanol–water partition coefficient (Wildman–Crippen LogP) is 2.43. The minimum Gasteiger partial charge on any atom is -0.338 e. The average Bonchev–Trinajstić information content (AvgIpc) is 2.97. The summed E-state index contributed by atoms with van der Waals surface area (Å²) in [6.07, 6.45) is -3.50. The van der Waals surface area contributed by atoms with E-state index in [0.29, 0.717) is 32.6 Å². The molecule has 0 bridgehead atoms. The first-order valence-electron chi connectivity index (χ1n) is 8.75. The van der Waals surface area contributed by atoms with Crippen molar-refractivity contribution in [3.63, 3.8) is 0 Å². The second kappa shape index (κ2) is 9.23. The van der Waals surface area contributed by atoms with Gasteiger partial charge in [-0.2, -0.15) is 13.2 Å². The Morgan fingerprint density at radius 3 is 2.58 bits per heavy atom. The summed E-state index contributed by atoms with van der Waals surface area (Å²) < 4.78 is 37.2. The summed E-state index contributed by atoms with van der Waals surface area (Å²) in [5.41, 5.74) is 2.20. The van der Waals surface area contributed by atoms with E-state index in [0.717, 1.165) is 17.7 Å². The van der Waals surface area contributed by atoms with Gasteiger partial charge in [0, 0.05) is 26.2 Å². The zero-order valence-corrected chi connectivity index (χ0v) is 15.3. The molecule has 0 saturated carbocycles. The SMILES string of the molecule is CN(C)Cc1ccccc1CNC(=O)NC[C@H]1CCN(CC(F)(F)F)C1. The van der Waals surface area contributed by atoms with Crippen LogP contribution in [-0.2, 0) is 13.1 Å². The van der Waals surface area contributed by atoms with Gasteiger partial charge in [0.1, 0.15) is 0 Å². The third-order valence-electron chi connectivity index (χ3n) is 4.37. The van der Waals surface area contributed by atoms with Gasteiger partial charge in [-0.15, -0.1) is 0 Å². The Hall–Kier alpha value is -1.80. The molecule has 1 aliphatic rings. The number of benzene rings is 1. The number of nitrogens with one attached hydrogen (secondary N) is 2. The van der Waals surface area contributed by atoms with Crippen LogP contribution in [0.25, 0.3) is 0 Å². The number of amides is 2. The van der Waals surface area contributed by atoms with Crippen LogP contribution < -0.4 is 10.6 Å². The molecule has 26 heavy (non-hydrogen) atoms. The van der Waals surface area contributed by atoms with Gasteiger partial charge in [-0.3, -0.25) is 4.90 Å². The fraction of sp³-hybridized carbons (Fsp3) is 0.611. The first-order chi connectivity index (χ1) is 12.2. The maximum absolute atomic E-state index is 12.4. The molecule has 8 heteroatoms. The van der Waals surface area contributed by atoms with Crippen molar-refractivity contribution in [2.75, 3.05) is 40.3 Å². The van der Waals surface area contributed by atoms with Crippen LogP contribution in [0.4, 0.5) is 18.0 Å². The molecule has 2 N–H and O–H groups in total. The van der Waals surface area contributed by atoms with Crippen LogP contribution >= 0.6 is 0 Å². The summed E-state index contributed by atoms with van der Waals surface area (Å²) >= 11 is 0. The predicted molar refractivity (Wildman–Crippen MR) is 94.7 cm³/mol. The highest BCUT2D eigenvalue weighted by Crippen LogP contribution is 2.22. The zero-order chi connectivity index (χ0) is 19.2. The molecular weight excluding hydrogens is 345 g/mol. The van der Waals surface area contributed by atoms with Gasteiger partial charge in [-0.05, 0) is 44.1 Å². The van der Waals surface area contributed by atoms with Gasteiger partial charge in [0.15, 0.2) is 0 Å². The van der Waals surface area contributed by atoms with Gasteiger partial charge in [0.25, 0.3) is 0 Å². The summed E-state index contributed by atoms with van der Waals surface area (Å²) in [7, 11) is 3.97. The molecule has 1 aromatic carbocycles. The van der Waals surface area contributed by atoms with Crippen LogP contribution in [0.1, 0.15) is 17.5 Å². The van der Waals surface area contributed by atoms with E-state index >= 15 is 0 Å². The molecule has 2 rings (SSSR count). The highest BCUT2D eigenvalue weighted by molar-refractivity contribution is 5.73. The van der Waals surface area contributed by atoms with E-state index in [9.17, 15) is 18.0 Å². The quantitative estimate of drug-likeness (QED) is 0.773. The average molecular weight is 372 g/mol. The van der Waals surface area contributed by atoms with E-state index < -0.39 is 12.7 Å². The monoisotopic (exact) mass is 372 g/mol. The van der Waals surface area contributed by atoms with Crippen LogP contribution in [0.3, 0.4) is 0 Å². The molecule has 5 nitrogen and oxygen atoms in total. The molecule has 1 atom stereocenters. The molecule has 1 aromatic rings. The normalized spacial score (nSPS) is 18.3. The van der Waals surface area contributed by atoms with E-state index in [2.05, 4.69) is 15.5 Å². The Labute approximate surface area is 152 Å². The van der Waals surface area contributed by atoms with Crippen LogP contribution in [0, 0.1) is 5.92 Å². The highest BCUT2D eigenvalue weighted by atomic mass is 19.4. The molecule has 0 aromatic heterocycles. The number of carbonyl (C=O) groups excluding carboxylic acids is 1. The molecule has 0 radical (unpaired) electrons. The number of halogens is 3. The maximum atomic E-state index is 12.4. The minimum absolute atomic E-state index is 0.0594. The zero-order valence-electron chi connectivity index (χ0n) is 15.3. The molecule has 0 aliphatic carbocycles. The first kappa shape index (κ1) is 20.5. The molecule has 1 heterocycles. The first-order valence-corrected chi connectivity index (χ1v) is 8.75. The van der Waals surface area contributed by atoms with Crippen molar-refractivity contribution in [3.05, 3.63) is 35.4 Å². The van der Waals surface area contributed by atoms with Crippen molar-refractivity contribution in [1.82, 2.24) is 20.4 Å². The third-order valence-corrected chi connectivity index (χ3v) is 4.37. The maximum Gasteiger partial charge on any atom is 0.401 e. The van der Waals surface area contributed by atoms with E-state index in [1.807, 2.05) is 38.4 Å². The fourth-order valence-electron chi connectivity index (χ4n) is 3.18. The van der Waals surface area contributed by atoms with Crippen LogP contribution in [0.2, 0.25) is 0 Å². The lowest BCUT2D eigenvalue weighted by atomic mass is 10.1. The van der Waals surface area contributed by atoms with Crippen molar-refractivity contribution >= 4 is 6.03 Å². The Balaban J connectivity index is 1.72. The lowest BCUT2D eigenvalue weighted by Crippen LogP contribution is -2.39. The van der Waals surface area contributed by atoms with Crippen molar-refractivity contribution < 1.29 is 18.0 Å². The summed E-state index contributed by atoms with van der Waals surface area (Å²) in [6.45, 7) is 1.51. The number of hydrogen-bond donors (Lipinski definition) is 2. The van der Waals surface area contributed by atoms with Crippen molar-refractivity contribution in [3.8, 4) is 0 Å². The Bertz CT molecular complexity index is 592. The molecule has 0 unspecified atom stereocenters. The summed E-state index contributed by atoms with van der Waals surface area (Å²) in [4.78, 5) is 15.4. The van der Waals surface area contributed by atoms with Gasteiger partial charge in [-0.25, -0.2) is 4.79 Å². The van der Waals surface area contributed by atoms with Gasteiger partial charge in [0.2, 0.25) is 0 Å². The number of urea groups is 1. The smallest absolute Gasteiger partial charge is 0.338 e. The molecule has 2 amide bonds. The Kier molecular flexibility index (Phi) is 7.28. The second-order valence-corrected chi connectivity index (χ2v) is 7.08. The minimum atomic E-state index is -4.17. The summed E-state index contributed by atoms with van der Waals surface area (Å²) in [5.74, 6) is 0.0594. The Morgan fingerprint density at radius 2 is 1.92 bits per heavy atom. The molecule has 1 fully saturated rings. The lowest BCUT2D eigenvalue weighted by molar-refractivity contribution is -0.143. The van der Waals surface area contributed by atoms with E-state index in [1.54, 1.807) is 0 Å². The van der Waals surface area contributed by atoms with E-state index in [4.69, 9.17) is 0 Å². The van der Waals surface area contributed by atoms with Gasteiger partial charge < -0.3 is 15.5 Å². The number of nitrogens with zero attached hydrogens (tertiary/aromatic N) is 2. The van der Waals surface area contributed by atoms with E-state index in [1.165, 1.54) is 4.90 Å². The largest absolute Gasteiger partial charge is 0.401 e. The molecule has 0 spiro atoms. The fourth-order valence-corrected chi connectivity index (χ4v) is 3.18. The number of rotatable bonds is 7. The molecule has 1 saturated heterocycles. The number of alkyl halides is 3. The van der Waals surface area contributed by atoms with Crippen molar-refractivity contribution in [1.29, 1.82) is 0 Å². The molecule has 1 aliphatic heterocycles. The van der Waals surface area contributed by atoms with Crippen LogP contribution in [0.5, 0.6) is 0 Å². The van der Waals surface area contributed by atoms with Gasteiger partial charge >= 0.3 is 12.2 Å². The van der Waals surface area contributed by atoms with Crippen molar-refractivity contribution in [2.45, 2.75) is 25.7 Å². The molecular formula is C18H27F3N4O. The number of hydrogen-bond acceptors (Lipinski definition) is 3. The topological polar surface area (TPSA) is 47.6 Å². The van der Waals surface area contributed by atoms with Crippen molar-refractivity contribution in [2.24, 2.45) is 5.92 Å². The van der Waals surface area contributed by atoms with Gasteiger partial charge in [0.05, 0.1) is 6.54 Å². The van der Waals surface area contributed by atoms with Gasteiger partial charge in [-0.1, -0.05) is 24.3 Å². The molecule has 146 valence electrons. The van der Waals surface area contributed by atoms with Crippen LogP contribution in [-0.4, -0.2) is 62.3 Å². The second-order valence-electron chi connectivity index (χ2n) is 7.08. The van der Waals surface area contributed by atoms with Crippen LogP contribution in [0.15, 0.2) is 24.3 Å². The third kappa shape index (κ3) is 7.21. The highest BCUT2D eigenvalue weighted by Gasteiger charge is 2.34. The summed E-state index contributed by atoms with van der Waals surface area (Å²) in [5, 5.41) is 5.59.